The number of rotatable bonds is 14. The van der Waals surface area contributed by atoms with E-state index in [1.807, 2.05) is 61.5 Å². The van der Waals surface area contributed by atoms with E-state index in [0.29, 0.717) is 19.4 Å². The number of likely N-dealkylation sites (tertiary alicyclic amines) is 1. The zero-order valence-electron chi connectivity index (χ0n) is 27.0. The second-order valence-corrected chi connectivity index (χ2v) is 11.7. The fourth-order valence-corrected chi connectivity index (χ4v) is 4.96. The van der Waals surface area contributed by atoms with Gasteiger partial charge in [0.25, 0.3) is 5.91 Å². The van der Waals surface area contributed by atoms with Crippen LogP contribution in [0.5, 0.6) is 0 Å². The van der Waals surface area contributed by atoms with E-state index in [-0.39, 0.29) is 37.9 Å². The molecule has 0 unspecified atom stereocenters. The second kappa shape index (κ2) is 18.1. The van der Waals surface area contributed by atoms with E-state index in [1.165, 1.54) is 11.0 Å². The van der Waals surface area contributed by atoms with Gasteiger partial charge in [0.2, 0.25) is 11.8 Å². The molecule has 13 heteroatoms. The number of guanidine groups is 1. The lowest BCUT2D eigenvalue weighted by atomic mass is 10.0. The SMILES string of the molecule is Cc1ccc(/C=C/C(=O)NC(N)=NCCC[C@H](NC(=O)[C@@H]2CCCN2C(=O)[C@@H](NC(=O)OCc2ccccc2)C(C)C)C(=O)O)cc1. The number of amides is 4. The maximum atomic E-state index is 13.5. The monoisotopic (exact) mass is 648 g/mol. The predicted molar refractivity (Wildman–Crippen MR) is 177 cm³/mol. The van der Waals surface area contributed by atoms with E-state index in [2.05, 4.69) is 20.9 Å². The van der Waals surface area contributed by atoms with Crippen LogP contribution in [0.2, 0.25) is 0 Å². The molecule has 1 saturated heterocycles. The van der Waals surface area contributed by atoms with E-state index in [4.69, 9.17) is 10.5 Å². The Morgan fingerprint density at radius 1 is 1.06 bits per heavy atom. The van der Waals surface area contributed by atoms with Crippen LogP contribution in [0.4, 0.5) is 4.79 Å². The van der Waals surface area contributed by atoms with Crippen molar-refractivity contribution < 1.29 is 33.8 Å². The van der Waals surface area contributed by atoms with Crippen LogP contribution in [0.15, 0.2) is 65.7 Å². The number of carbonyl (C=O) groups excluding carboxylic acids is 4. The molecule has 2 aromatic rings. The van der Waals surface area contributed by atoms with Gasteiger partial charge in [-0.3, -0.25) is 24.7 Å². The molecule has 1 aliphatic heterocycles. The molecule has 0 saturated carbocycles. The second-order valence-electron chi connectivity index (χ2n) is 11.7. The summed E-state index contributed by atoms with van der Waals surface area (Å²) in [5.74, 6) is -3.14. The Balaban J connectivity index is 1.49. The van der Waals surface area contributed by atoms with Gasteiger partial charge in [-0.1, -0.05) is 74.0 Å². The first-order chi connectivity index (χ1) is 22.4. The predicted octanol–water partition coefficient (Wildman–Crippen LogP) is 2.73. The number of nitrogens with zero attached hydrogens (tertiary/aromatic N) is 2. The first kappa shape index (κ1) is 36.3. The van der Waals surface area contributed by atoms with Crippen molar-refractivity contribution in [1.29, 1.82) is 0 Å². The van der Waals surface area contributed by atoms with Gasteiger partial charge in [0.05, 0.1) is 0 Å². The molecule has 0 aliphatic carbocycles. The molecule has 1 aliphatic rings. The van der Waals surface area contributed by atoms with E-state index in [9.17, 15) is 29.1 Å². The Morgan fingerprint density at radius 2 is 1.77 bits per heavy atom. The molecule has 0 bridgehead atoms. The molecular formula is C34H44N6O7. The third-order valence-electron chi connectivity index (χ3n) is 7.56. The summed E-state index contributed by atoms with van der Waals surface area (Å²) in [6.45, 7) is 5.95. The highest BCUT2D eigenvalue weighted by molar-refractivity contribution is 6.03. The topological polar surface area (TPSA) is 193 Å². The number of nitrogens with one attached hydrogen (secondary N) is 3. The number of carbonyl (C=O) groups is 5. The van der Waals surface area contributed by atoms with E-state index in [0.717, 1.165) is 16.7 Å². The first-order valence-corrected chi connectivity index (χ1v) is 15.6. The Morgan fingerprint density at radius 3 is 2.43 bits per heavy atom. The minimum absolute atomic E-state index is 0.0371. The van der Waals surface area contributed by atoms with Gasteiger partial charge < -0.3 is 31.1 Å². The van der Waals surface area contributed by atoms with Gasteiger partial charge in [-0.2, -0.15) is 0 Å². The van der Waals surface area contributed by atoms with Crippen LogP contribution in [0, 0.1) is 12.8 Å². The summed E-state index contributed by atoms with van der Waals surface area (Å²) in [7, 11) is 0. The lowest BCUT2D eigenvalue weighted by Crippen LogP contribution is -2.56. The first-order valence-electron chi connectivity index (χ1n) is 15.6. The van der Waals surface area contributed by atoms with Crippen molar-refractivity contribution in [3.8, 4) is 0 Å². The molecule has 3 rings (SSSR count). The average Bonchev–Trinajstić information content (AvgIpc) is 3.54. The minimum Gasteiger partial charge on any atom is -0.480 e. The number of aliphatic imine (C=N–C) groups is 1. The number of aliphatic carboxylic acids is 1. The fourth-order valence-electron chi connectivity index (χ4n) is 4.96. The Bertz CT molecular complexity index is 1440. The number of ether oxygens (including phenoxy) is 1. The van der Waals surface area contributed by atoms with Crippen LogP contribution in [-0.2, 0) is 30.5 Å². The zero-order chi connectivity index (χ0) is 34.3. The Kier molecular flexibility index (Phi) is 13.9. The average molecular weight is 649 g/mol. The van der Waals surface area contributed by atoms with Crippen LogP contribution in [0.3, 0.4) is 0 Å². The molecule has 0 spiro atoms. The minimum atomic E-state index is -1.23. The Labute approximate surface area is 274 Å². The van der Waals surface area contributed by atoms with Crippen LogP contribution >= 0.6 is 0 Å². The molecule has 13 nitrogen and oxygen atoms in total. The lowest BCUT2D eigenvalue weighted by Gasteiger charge is -2.30. The number of carboxylic acids is 1. The van der Waals surface area contributed by atoms with Gasteiger partial charge in [-0.25, -0.2) is 9.59 Å². The standard InChI is InChI=1S/C34H44N6O7/c1-22(2)29(39-34(46)47-21-25-9-5-4-6-10-25)31(43)40-20-8-12-27(40)30(42)37-26(32(44)45)11-7-19-36-33(35)38-28(41)18-17-24-15-13-23(3)14-16-24/h4-6,9-10,13-18,22,26-27,29H,7-8,11-12,19-21H2,1-3H3,(H,37,42)(H,39,46)(H,44,45)(H3,35,36,38,41)/b18-17+/t26-,27-,29-/m0/s1. The van der Waals surface area contributed by atoms with Crippen LogP contribution in [0.25, 0.3) is 6.08 Å². The van der Waals surface area contributed by atoms with Crippen molar-refractivity contribution in [2.75, 3.05) is 13.1 Å². The summed E-state index contributed by atoms with van der Waals surface area (Å²) in [6, 6.07) is 13.7. The Hall–Kier alpha value is -5.20. The van der Waals surface area contributed by atoms with E-state index < -0.39 is 47.9 Å². The van der Waals surface area contributed by atoms with Gasteiger partial charge in [0, 0.05) is 19.2 Å². The summed E-state index contributed by atoms with van der Waals surface area (Å²) in [6.07, 6.45) is 3.41. The van der Waals surface area contributed by atoms with Crippen LogP contribution in [-0.4, -0.2) is 77.0 Å². The van der Waals surface area contributed by atoms with Crippen LogP contribution < -0.4 is 21.7 Å². The quantitative estimate of drug-likeness (QED) is 0.0893. The van der Waals surface area contributed by atoms with Crippen molar-refractivity contribution in [2.45, 2.75) is 71.2 Å². The molecule has 1 fully saturated rings. The largest absolute Gasteiger partial charge is 0.480 e. The van der Waals surface area contributed by atoms with Gasteiger partial charge in [0.15, 0.2) is 5.96 Å². The summed E-state index contributed by atoms with van der Waals surface area (Å²) in [5, 5.41) is 17.4. The highest BCUT2D eigenvalue weighted by Gasteiger charge is 2.39. The molecule has 0 radical (unpaired) electrons. The molecule has 47 heavy (non-hydrogen) atoms. The van der Waals surface area contributed by atoms with Gasteiger partial charge >= 0.3 is 12.1 Å². The summed E-state index contributed by atoms with van der Waals surface area (Å²) in [5.41, 5.74) is 8.54. The summed E-state index contributed by atoms with van der Waals surface area (Å²) < 4.78 is 5.28. The van der Waals surface area contributed by atoms with E-state index in [1.54, 1.807) is 19.9 Å². The third-order valence-corrected chi connectivity index (χ3v) is 7.56. The number of hydrogen-bond acceptors (Lipinski definition) is 7. The molecule has 2 aromatic carbocycles. The smallest absolute Gasteiger partial charge is 0.408 e. The number of carboxylic acid groups (broad SMARTS) is 1. The fraction of sp³-hybridized carbons (Fsp3) is 0.412. The molecule has 3 atom stereocenters. The lowest BCUT2D eigenvalue weighted by molar-refractivity contribution is -0.144. The molecular weight excluding hydrogens is 604 g/mol. The van der Waals surface area contributed by atoms with Crippen molar-refractivity contribution in [3.05, 3.63) is 77.4 Å². The molecule has 6 N–H and O–H groups in total. The molecule has 1 heterocycles. The summed E-state index contributed by atoms with van der Waals surface area (Å²) in [4.78, 5) is 68.7. The van der Waals surface area contributed by atoms with Crippen molar-refractivity contribution in [2.24, 2.45) is 16.6 Å². The van der Waals surface area contributed by atoms with Crippen molar-refractivity contribution >= 4 is 41.8 Å². The van der Waals surface area contributed by atoms with Crippen LogP contribution in [0.1, 0.15) is 56.2 Å². The third kappa shape index (κ3) is 11.9. The normalized spacial score (nSPS) is 16.0. The highest BCUT2D eigenvalue weighted by atomic mass is 16.5. The van der Waals surface area contributed by atoms with Gasteiger partial charge in [0.1, 0.15) is 24.7 Å². The highest BCUT2D eigenvalue weighted by Crippen LogP contribution is 2.21. The number of alkyl carbamates (subject to hydrolysis) is 1. The molecule has 252 valence electrons. The van der Waals surface area contributed by atoms with E-state index >= 15 is 0 Å². The van der Waals surface area contributed by atoms with Crippen molar-refractivity contribution in [3.63, 3.8) is 0 Å². The number of hydrogen-bond donors (Lipinski definition) is 5. The van der Waals surface area contributed by atoms with Crippen molar-refractivity contribution in [1.82, 2.24) is 20.9 Å². The number of aryl methyl sites for hydroxylation is 1. The maximum absolute atomic E-state index is 13.5. The molecule has 4 amide bonds. The summed E-state index contributed by atoms with van der Waals surface area (Å²) >= 11 is 0. The van der Waals surface area contributed by atoms with Gasteiger partial charge in [-0.15, -0.1) is 0 Å². The van der Waals surface area contributed by atoms with Gasteiger partial charge in [-0.05, 0) is 55.7 Å². The number of benzene rings is 2. The maximum Gasteiger partial charge on any atom is 0.408 e. The molecule has 0 aromatic heterocycles. The number of nitrogens with two attached hydrogens (primary N) is 1. The zero-order valence-corrected chi connectivity index (χ0v) is 27.0.